The fraction of sp³-hybridized carbons (Fsp3) is 0.333. The Morgan fingerprint density at radius 2 is 2.05 bits per heavy atom. The molecule has 2 aromatic rings. The van der Waals surface area contributed by atoms with E-state index in [-0.39, 0.29) is 12.3 Å². The van der Waals surface area contributed by atoms with E-state index in [4.69, 9.17) is 15.6 Å². The first-order valence-corrected chi connectivity index (χ1v) is 12.7. The van der Waals surface area contributed by atoms with Crippen LogP contribution in [0.15, 0.2) is 72.3 Å². The summed E-state index contributed by atoms with van der Waals surface area (Å²) in [6.45, 7) is 7.68. The lowest BCUT2D eigenvalue weighted by Gasteiger charge is -2.24. The van der Waals surface area contributed by atoms with Gasteiger partial charge in [0.2, 0.25) is 0 Å². The number of aliphatic imine (C=N–C) groups is 1. The van der Waals surface area contributed by atoms with Gasteiger partial charge < -0.3 is 20.9 Å². The molecule has 3 atom stereocenters. The number of hydrogen-bond acceptors (Lipinski definition) is 5. The Morgan fingerprint density at radius 3 is 2.66 bits per heavy atom. The SMILES string of the molecule is C=CC=CC/C(=C\C)c1c(/C=C/[C@@H](O)CCCC(=O)O)c(-c2ccccc2)nn1C(NC=NC)C(C)C=N. The monoisotopic (exact) mass is 517 g/mol. The Balaban J connectivity index is 2.78. The summed E-state index contributed by atoms with van der Waals surface area (Å²) in [4.78, 5) is 15.0. The van der Waals surface area contributed by atoms with Crippen molar-refractivity contribution in [2.45, 2.75) is 51.8 Å². The van der Waals surface area contributed by atoms with Gasteiger partial charge in [0.15, 0.2) is 0 Å². The van der Waals surface area contributed by atoms with Crippen LogP contribution in [0.2, 0.25) is 0 Å². The summed E-state index contributed by atoms with van der Waals surface area (Å²) < 4.78 is 1.90. The maximum atomic E-state index is 10.9. The van der Waals surface area contributed by atoms with Crippen molar-refractivity contribution in [1.29, 1.82) is 5.41 Å². The molecule has 0 aliphatic rings. The van der Waals surface area contributed by atoms with Gasteiger partial charge in [-0.1, -0.05) is 80.3 Å². The van der Waals surface area contributed by atoms with Crippen LogP contribution in [0.5, 0.6) is 0 Å². The van der Waals surface area contributed by atoms with Gasteiger partial charge in [-0.3, -0.25) is 9.79 Å². The van der Waals surface area contributed by atoms with E-state index in [9.17, 15) is 9.90 Å². The van der Waals surface area contributed by atoms with Gasteiger partial charge in [-0.05, 0) is 31.8 Å². The molecule has 4 N–H and O–H groups in total. The van der Waals surface area contributed by atoms with Crippen molar-refractivity contribution < 1.29 is 15.0 Å². The molecule has 8 heteroatoms. The van der Waals surface area contributed by atoms with Crippen LogP contribution in [0.3, 0.4) is 0 Å². The molecule has 0 bridgehead atoms. The van der Waals surface area contributed by atoms with E-state index in [0.29, 0.717) is 19.3 Å². The number of rotatable bonds is 16. The molecular weight excluding hydrogens is 478 g/mol. The van der Waals surface area contributed by atoms with Gasteiger partial charge in [-0.25, -0.2) is 4.68 Å². The van der Waals surface area contributed by atoms with Crippen molar-refractivity contribution in [3.8, 4) is 11.3 Å². The number of aliphatic carboxylic acids is 1. The number of benzene rings is 1. The third-order valence-electron chi connectivity index (χ3n) is 6.03. The maximum Gasteiger partial charge on any atom is 0.303 e. The minimum absolute atomic E-state index is 0.00947. The predicted octanol–water partition coefficient (Wildman–Crippen LogP) is 5.75. The largest absolute Gasteiger partial charge is 0.481 e. The van der Waals surface area contributed by atoms with Crippen LogP contribution in [0.25, 0.3) is 22.9 Å². The summed E-state index contributed by atoms with van der Waals surface area (Å²) >= 11 is 0. The Labute approximate surface area is 225 Å². The van der Waals surface area contributed by atoms with Crippen molar-refractivity contribution in [3.63, 3.8) is 0 Å². The number of carbonyl (C=O) groups is 1. The van der Waals surface area contributed by atoms with Gasteiger partial charge >= 0.3 is 5.97 Å². The van der Waals surface area contributed by atoms with Crippen molar-refractivity contribution in [3.05, 3.63) is 78.5 Å². The highest BCUT2D eigenvalue weighted by molar-refractivity contribution is 5.82. The standard InChI is InChI=1S/C30H39N5O3/c1-5-7-9-13-23(6-2)29-26(19-18-25(36)16-12-17-27(37)38)28(24-14-10-8-11-15-24)34-35(29)30(22(3)20-31)33-21-32-4/h5-11,14-15,18-22,25,30-31,36H,1,12-13,16-17H2,2-4H3,(H,32,33)(H,37,38)/b9-7?,19-18+,23-6+,31-20?/t22?,25-,30?/m0/s1. The molecule has 38 heavy (non-hydrogen) atoms. The molecule has 1 aromatic carbocycles. The number of aromatic nitrogens is 2. The molecule has 0 saturated carbocycles. The van der Waals surface area contributed by atoms with Crippen molar-refractivity contribution >= 4 is 30.2 Å². The van der Waals surface area contributed by atoms with Crippen molar-refractivity contribution in [2.24, 2.45) is 10.9 Å². The average molecular weight is 518 g/mol. The van der Waals surface area contributed by atoms with E-state index in [1.54, 1.807) is 25.5 Å². The number of aliphatic hydroxyl groups is 1. The summed E-state index contributed by atoms with van der Waals surface area (Å²) in [7, 11) is 1.68. The van der Waals surface area contributed by atoms with Gasteiger partial charge in [0.25, 0.3) is 0 Å². The van der Waals surface area contributed by atoms with E-state index in [1.165, 1.54) is 6.21 Å². The first kappa shape index (κ1) is 30.2. The lowest BCUT2D eigenvalue weighted by atomic mass is 9.98. The Morgan fingerprint density at radius 1 is 1.32 bits per heavy atom. The normalized spacial score (nSPS) is 14.7. The lowest BCUT2D eigenvalue weighted by Crippen LogP contribution is -2.33. The smallest absolute Gasteiger partial charge is 0.303 e. The number of nitrogens with zero attached hydrogens (tertiary/aromatic N) is 3. The summed E-state index contributed by atoms with van der Waals surface area (Å²) in [5, 5.41) is 35.8. The predicted molar refractivity (Wildman–Crippen MR) is 156 cm³/mol. The van der Waals surface area contributed by atoms with Crippen LogP contribution in [0, 0.1) is 11.3 Å². The number of allylic oxidation sites excluding steroid dienone is 5. The van der Waals surface area contributed by atoms with Gasteiger partial charge in [0.1, 0.15) is 11.9 Å². The van der Waals surface area contributed by atoms with Crippen LogP contribution >= 0.6 is 0 Å². The minimum Gasteiger partial charge on any atom is -0.481 e. The van der Waals surface area contributed by atoms with E-state index < -0.39 is 18.2 Å². The molecule has 0 aliphatic carbocycles. The molecule has 2 rings (SSSR count). The molecule has 1 aromatic heterocycles. The zero-order valence-corrected chi connectivity index (χ0v) is 22.4. The van der Waals surface area contributed by atoms with Crippen LogP contribution in [-0.2, 0) is 4.79 Å². The number of carboxylic acid groups (broad SMARTS) is 1. The number of hydrogen-bond donors (Lipinski definition) is 4. The molecular formula is C30H39N5O3. The van der Waals surface area contributed by atoms with Crippen LogP contribution < -0.4 is 5.32 Å². The molecule has 1 heterocycles. The summed E-state index contributed by atoms with van der Waals surface area (Å²) in [5.74, 6) is -1.09. The summed E-state index contributed by atoms with van der Waals surface area (Å²) in [6.07, 6.45) is 14.4. The molecule has 0 amide bonds. The third-order valence-corrected chi connectivity index (χ3v) is 6.03. The maximum absolute atomic E-state index is 10.9. The quantitative estimate of drug-likeness (QED) is 0.128. The number of nitrogens with one attached hydrogen (secondary N) is 2. The van der Waals surface area contributed by atoms with Gasteiger partial charge in [0.05, 0.1) is 18.1 Å². The van der Waals surface area contributed by atoms with E-state index in [1.807, 2.05) is 73.2 Å². The van der Waals surface area contributed by atoms with Crippen LogP contribution in [-0.4, -0.2) is 51.7 Å². The third kappa shape index (κ3) is 8.52. The summed E-state index contributed by atoms with van der Waals surface area (Å²) in [5.41, 5.74) is 4.33. The highest BCUT2D eigenvalue weighted by Crippen LogP contribution is 2.35. The second-order valence-electron chi connectivity index (χ2n) is 8.84. The van der Waals surface area contributed by atoms with E-state index in [0.717, 1.165) is 28.1 Å². The fourth-order valence-electron chi connectivity index (χ4n) is 4.03. The minimum atomic E-state index is -0.879. The van der Waals surface area contributed by atoms with Gasteiger partial charge in [0, 0.05) is 36.7 Å². The lowest BCUT2D eigenvalue weighted by molar-refractivity contribution is -0.137. The first-order chi connectivity index (χ1) is 18.4. The average Bonchev–Trinajstić information content (AvgIpc) is 3.29. The van der Waals surface area contributed by atoms with Crippen molar-refractivity contribution in [1.82, 2.24) is 15.1 Å². The zero-order chi connectivity index (χ0) is 27.9. The fourth-order valence-corrected chi connectivity index (χ4v) is 4.03. The zero-order valence-electron chi connectivity index (χ0n) is 22.4. The Hall–Kier alpha value is -4.04. The topological polar surface area (TPSA) is 124 Å². The second kappa shape index (κ2) is 15.9. The van der Waals surface area contributed by atoms with Crippen LogP contribution in [0.4, 0.5) is 0 Å². The molecule has 202 valence electrons. The molecule has 2 unspecified atom stereocenters. The molecule has 0 spiro atoms. The van der Waals surface area contributed by atoms with Crippen molar-refractivity contribution in [2.75, 3.05) is 7.05 Å². The van der Waals surface area contributed by atoms with Crippen LogP contribution in [0.1, 0.15) is 57.0 Å². The van der Waals surface area contributed by atoms with E-state index >= 15 is 0 Å². The highest BCUT2D eigenvalue weighted by atomic mass is 16.4. The molecule has 0 radical (unpaired) electrons. The molecule has 0 fully saturated rings. The first-order valence-electron chi connectivity index (χ1n) is 12.7. The second-order valence-corrected chi connectivity index (χ2v) is 8.84. The molecule has 0 saturated heterocycles. The molecule has 0 aliphatic heterocycles. The van der Waals surface area contributed by atoms with E-state index in [2.05, 4.69) is 16.9 Å². The Kier molecular flexibility index (Phi) is 12.7. The molecule has 8 nitrogen and oxygen atoms in total. The van der Waals surface area contributed by atoms with Gasteiger partial charge in [-0.15, -0.1) is 0 Å². The summed E-state index contributed by atoms with van der Waals surface area (Å²) in [6, 6.07) is 9.82. The Bertz CT molecular complexity index is 1180. The number of carboxylic acids is 1. The van der Waals surface area contributed by atoms with Gasteiger partial charge in [-0.2, -0.15) is 5.10 Å². The highest BCUT2D eigenvalue weighted by Gasteiger charge is 2.27. The number of aliphatic hydroxyl groups excluding tert-OH is 1.